The van der Waals surface area contributed by atoms with E-state index < -0.39 is 0 Å². The van der Waals surface area contributed by atoms with Crippen LogP contribution in [0.15, 0.2) is 24.3 Å². The lowest BCUT2D eigenvalue weighted by Crippen LogP contribution is -2.13. The highest BCUT2D eigenvalue weighted by atomic mass is 19.1. The second kappa shape index (κ2) is 4.81. The van der Waals surface area contributed by atoms with Gasteiger partial charge in [-0.1, -0.05) is 0 Å². The number of hydrogen-bond donors (Lipinski definition) is 3. The Labute approximate surface area is 110 Å². The normalized spacial score (nSPS) is 13.2. The molecular formula is C13H14FN5. The number of aromatic nitrogens is 2. The molecule has 0 atom stereocenters. The van der Waals surface area contributed by atoms with Crippen LogP contribution in [0.5, 0.6) is 0 Å². The maximum absolute atomic E-state index is 12.8. The summed E-state index contributed by atoms with van der Waals surface area (Å²) in [7, 11) is 0. The summed E-state index contributed by atoms with van der Waals surface area (Å²) in [5.74, 6) is 6.35. The first kappa shape index (κ1) is 11.9. The molecule has 0 fully saturated rings. The zero-order valence-electron chi connectivity index (χ0n) is 10.3. The molecule has 1 heterocycles. The molecule has 0 amide bonds. The van der Waals surface area contributed by atoms with Crippen LogP contribution in [0, 0.1) is 5.82 Å². The van der Waals surface area contributed by atoms with Gasteiger partial charge in [-0.15, -0.1) is 0 Å². The summed E-state index contributed by atoms with van der Waals surface area (Å²) in [4.78, 5) is 8.80. The lowest BCUT2D eigenvalue weighted by molar-refractivity contribution is 0.628. The fraction of sp³-hybridized carbons (Fsp3) is 0.231. The molecule has 0 spiro atoms. The SMILES string of the molecule is NNc1nc(Nc2ccc(F)cc2)nc2c1CCC2. The van der Waals surface area contributed by atoms with Crippen molar-refractivity contribution in [3.05, 3.63) is 41.3 Å². The molecule has 1 aliphatic rings. The first-order valence-corrected chi connectivity index (χ1v) is 6.15. The molecule has 3 rings (SSSR count). The molecule has 5 nitrogen and oxygen atoms in total. The maximum Gasteiger partial charge on any atom is 0.229 e. The molecule has 98 valence electrons. The van der Waals surface area contributed by atoms with Gasteiger partial charge in [0, 0.05) is 11.3 Å². The van der Waals surface area contributed by atoms with E-state index in [1.807, 2.05) is 0 Å². The van der Waals surface area contributed by atoms with Crippen molar-refractivity contribution in [1.82, 2.24) is 9.97 Å². The Morgan fingerprint density at radius 1 is 1.11 bits per heavy atom. The number of rotatable bonds is 3. The number of nitrogens with zero attached hydrogens (tertiary/aromatic N) is 2. The van der Waals surface area contributed by atoms with Crippen molar-refractivity contribution >= 4 is 17.5 Å². The summed E-state index contributed by atoms with van der Waals surface area (Å²) in [5.41, 5.74) is 5.46. The lowest BCUT2D eigenvalue weighted by Gasteiger charge is -2.10. The van der Waals surface area contributed by atoms with E-state index in [9.17, 15) is 4.39 Å². The standard InChI is InChI=1S/C13H14FN5/c14-8-4-6-9(7-5-8)16-13-17-11-3-1-2-10(11)12(18-13)19-15/h4-7H,1-3,15H2,(H2,16,17,18,19). The third-order valence-corrected chi connectivity index (χ3v) is 3.17. The Kier molecular flexibility index (Phi) is 3.00. The quantitative estimate of drug-likeness (QED) is 0.581. The zero-order valence-corrected chi connectivity index (χ0v) is 10.3. The predicted molar refractivity (Wildman–Crippen MR) is 71.5 cm³/mol. The molecule has 0 saturated carbocycles. The summed E-state index contributed by atoms with van der Waals surface area (Å²) in [6.45, 7) is 0. The monoisotopic (exact) mass is 259 g/mol. The molecule has 0 bridgehead atoms. The molecule has 0 unspecified atom stereocenters. The van der Waals surface area contributed by atoms with Gasteiger partial charge in [0.05, 0.1) is 5.69 Å². The summed E-state index contributed by atoms with van der Waals surface area (Å²) in [6, 6.07) is 6.05. The molecule has 2 aromatic rings. The van der Waals surface area contributed by atoms with Crippen LogP contribution in [0.1, 0.15) is 17.7 Å². The van der Waals surface area contributed by atoms with Crippen molar-refractivity contribution in [2.24, 2.45) is 5.84 Å². The van der Waals surface area contributed by atoms with Crippen LogP contribution >= 0.6 is 0 Å². The van der Waals surface area contributed by atoms with E-state index in [4.69, 9.17) is 5.84 Å². The van der Waals surface area contributed by atoms with Crippen LogP contribution < -0.4 is 16.6 Å². The van der Waals surface area contributed by atoms with E-state index in [0.717, 1.165) is 36.2 Å². The molecule has 6 heteroatoms. The van der Waals surface area contributed by atoms with E-state index in [-0.39, 0.29) is 5.82 Å². The number of nitrogens with one attached hydrogen (secondary N) is 2. The van der Waals surface area contributed by atoms with E-state index in [0.29, 0.717) is 11.8 Å². The number of hydrogen-bond acceptors (Lipinski definition) is 5. The lowest BCUT2D eigenvalue weighted by atomic mass is 10.2. The van der Waals surface area contributed by atoms with Gasteiger partial charge in [-0.25, -0.2) is 15.2 Å². The average molecular weight is 259 g/mol. The van der Waals surface area contributed by atoms with E-state index >= 15 is 0 Å². The van der Waals surface area contributed by atoms with Gasteiger partial charge in [0.25, 0.3) is 0 Å². The van der Waals surface area contributed by atoms with Crippen LogP contribution in [0.2, 0.25) is 0 Å². The Hall–Kier alpha value is -2.21. The van der Waals surface area contributed by atoms with Crippen LogP contribution in [0.3, 0.4) is 0 Å². The van der Waals surface area contributed by atoms with Crippen molar-refractivity contribution in [1.29, 1.82) is 0 Å². The molecule has 0 aliphatic heterocycles. The number of aryl methyl sites for hydroxylation is 1. The van der Waals surface area contributed by atoms with Gasteiger partial charge in [0.1, 0.15) is 11.6 Å². The smallest absolute Gasteiger partial charge is 0.229 e. The molecule has 1 aromatic carbocycles. The van der Waals surface area contributed by atoms with Gasteiger partial charge in [-0.05, 0) is 43.5 Å². The number of nitrogens with two attached hydrogens (primary N) is 1. The largest absolute Gasteiger partial charge is 0.324 e. The fourth-order valence-corrected chi connectivity index (χ4v) is 2.27. The van der Waals surface area contributed by atoms with Crippen LogP contribution in [-0.4, -0.2) is 9.97 Å². The molecule has 19 heavy (non-hydrogen) atoms. The van der Waals surface area contributed by atoms with Gasteiger partial charge in [-0.2, -0.15) is 4.98 Å². The van der Waals surface area contributed by atoms with Crippen molar-refractivity contribution in [2.75, 3.05) is 10.7 Å². The molecule has 0 radical (unpaired) electrons. The minimum absolute atomic E-state index is 0.273. The number of halogens is 1. The van der Waals surface area contributed by atoms with Crippen LogP contribution in [0.4, 0.5) is 21.8 Å². The Bertz CT molecular complexity index is 597. The van der Waals surface area contributed by atoms with Crippen LogP contribution in [0.25, 0.3) is 0 Å². The molecule has 0 saturated heterocycles. The summed E-state index contributed by atoms with van der Waals surface area (Å²) in [5, 5.41) is 3.05. The minimum Gasteiger partial charge on any atom is -0.324 e. The number of fused-ring (bicyclic) bond motifs is 1. The average Bonchev–Trinajstić information content (AvgIpc) is 2.89. The summed E-state index contributed by atoms with van der Waals surface area (Å²) >= 11 is 0. The maximum atomic E-state index is 12.8. The van der Waals surface area contributed by atoms with E-state index in [1.54, 1.807) is 12.1 Å². The number of hydrazine groups is 1. The highest BCUT2D eigenvalue weighted by Gasteiger charge is 2.18. The van der Waals surface area contributed by atoms with Gasteiger partial charge in [-0.3, -0.25) is 0 Å². The van der Waals surface area contributed by atoms with Crippen molar-refractivity contribution < 1.29 is 4.39 Å². The second-order valence-electron chi connectivity index (χ2n) is 4.45. The molecule has 4 N–H and O–H groups in total. The Morgan fingerprint density at radius 3 is 2.63 bits per heavy atom. The van der Waals surface area contributed by atoms with Crippen molar-refractivity contribution in [3.8, 4) is 0 Å². The third kappa shape index (κ3) is 2.34. The summed E-state index contributed by atoms with van der Waals surface area (Å²) < 4.78 is 12.8. The number of benzene rings is 1. The topological polar surface area (TPSA) is 75.9 Å². The fourth-order valence-electron chi connectivity index (χ4n) is 2.27. The Balaban J connectivity index is 1.91. The summed E-state index contributed by atoms with van der Waals surface area (Å²) in [6.07, 6.45) is 2.95. The van der Waals surface area contributed by atoms with Crippen molar-refractivity contribution in [2.45, 2.75) is 19.3 Å². The van der Waals surface area contributed by atoms with E-state index in [1.165, 1.54) is 12.1 Å². The predicted octanol–water partition coefficient (Wildman–Crippen LogP) is 2.13. The van der Waals surface area contributed by atoms with Crippen LogP contribution in [-0.2, 0) is 12.8 Å². The Morgan fingerprint density at radius 2 is 1.89 bits per heavy atom. The molecular weight excluding hydrogens is 245 g/mol. The number of nitrogen functional groups attached to an aromatic ring is 1. The number of anilines is 3. The zero-order chi connectivity index (χ0) is 13.2. The van der Waals surface area contributed by atoms with Crippen molar-refractivity contribution in [3.63, 3.8) is 0 Å². The van der Waals surface area contributed by atoms with Gasteiger partial charge in [0.2, 0.25) is 5.95 Å². The van der Waals surface area contributed by atoms with Gasteiger partial charge < -0.3 is 10.7 Å². The highest BCUT2D eigenvalue weighted by Crippen LogP contribution is 2.27. The first-order chi connectivity index (χ1) is 9.26. The van der Waals surface area contributed by atoms with Gasteiger partial charge in [0.15, 0.2) is 0 Å². The van der Waals surface area contributed by atoms with Gasteiger partial charge >= 0.3 is 0 Å². The third-order valence-electron chi connectivity index (χ3n) is 3.17. The second-order valence-corrected chi connectivity index (χ2v) is 4.45. The van der Waals surface area contributed by atoms with E-state index in [2.05, 4.69) is 20.7 Å². The minimum atomic E-state index is -0.273. The first-order valence-electron chi connectivity index (χ1n) is 6.15. The molecule has 1 aliphatic carbocycles. The highest BCUT2D eigenvalue weighted by molar-refractivity contribution is 5.58. The molecule has 1 aromatic heterocycles.